The van der Waals surface area contributed by atoms with Crippen molar-refractivity contribution >= 4 is 0 Å². The van der Waals surface area contributed by atoms with Crippen LogP contribution in [0.3, 0.4) is 0 Å². The van der Waals surface area contributed by atoms with Gasteiger partial charge in [-0.3, -0.25) is 4.90 Å². The van der Waals surface area contributed by atoms with Crippen LogP contribution >= 0.6 is 0 Å². The van der Waals surface area contributed by atoms with E-state index in [0.717, 1.165) is 31.7 Å². The van der Waals surface area contributed by atoms with E-state index >= 15 is 0 Å². The molecule has 0 saturated carbocycles. The number of aromatic nitrogens is 2. The van der Waals surface area contributed by atoms with Gasteiger partial charge in [0.1, 0.15) is 24.0 Å². The summed E-state index contributed by atoms with van der Waals surface area (Å²) in [7, 11) is 2.18. The van der Waals surface area contributed by atoms with Gasteiger partial charge in [0.25, 0.3) is 0 Å². The van der Waals surface area contributed by atoms with E-state index in [9.17, 15) is 0 Å². The van der Waals surface area contributed by atoms with Crippen LogP contribution in [0.5, 0.6) is 0 Å². The van der Waals surface area contributed by atoms with Gasteiger partial charge in [-0.1, -0.05) is 0 Å². The van der Waals surface area contributed by atoms with Crippen molar-refractivity contribution in [3.63, 3.8) is 0 Å². The third kappa shape index (κ3) is 2.72. The maximum absolute atomic E-state index is 9.15. The second-order valence-corrected chi connectivity index (χ2v) is 6.78. The number of hydrogen-bond acceptors (Lipinski definition) is 4. The highest BCUT2D eigenvalue weighted by Crippen LogP contribution is 2.35. The number of nitrogens with zero attached hydrogens (tertiary/aromatic N) is 3. The molecule has 2 aromatic rings. The second-order valence-electron chi connectivity index (χ2n) is 6.78. The first kappa shape index (κ1) is 15.0. The molecule has 1 aliphatic heterocycles. The first-order valence-corrected chi connectivity index (χ1v) is 8.73. The number of aryl methyl sites for hydroxylation is 1. The molecule has 1 fully saturated rings. The average Bonchev–Trinajstić information content (AvgIpc) is 3.28. The van der Waals surface area contributed by atoms with Crippen LogP contribution in [0.25, 0.3) is 0 Å². The molecule has 1 aliphatic carbocycles. The quantitative estimate of drug-likeness (QED) is 0.942. The van der Waals surface area contributed by atoms with E-state index in [0.29, 0.717) is 11.8 Å². The second kappa shape index (κ2) is 6.13. The van der Waals surface area contributed by atoms with E-state index in [1.165, 1.54) is 42.9 Å². The van der Waals surface area contributed by atoms with Crippen LogP contribution in [-0.4, -0.2) is 26.1 Å². The van der Waals surface area contributed by atoms with Crippen LogP contribution in [0.2, 0.25) is 0 Å². The average molecular weight is 315 g/mol. The van der Waals surface area contributed by atoms with Crippen LogP contribution in [0.4, 0.5) is 0 Å². The Hall–Kier alpha value is -1.59. The zero-order valence-corrected chi connectivity index (χ0v) is 13.8. The number of hydrogen-bond donors (Lipinski definition) is 1. The Morgan fingerprint density at radius 1 is 1.22 bits per heavy atom. The SMILES string of the molecule is Cn1c([C@@H]2CCCN2Cc2ccc(CO)o2)nc2c1CCCC2. The van der Waals surface area contributed by atoms with Crippen molar-refractivity contribution in [2.24, 2.45) is 7.05 Å². The molecule has 4 rings (SSSR count). The molecule has 0 radical (unpaired) electrons. The van der Waals surface area contributed by atoms with Crippen LogP contribution in [0, 0.1) is 0 Å². The van der Waals surface area contributed by atoms with Crippen molar-refractivity contribution in [2.75, 3.05) is 6.54 Å². The number of rotatable bonds is 4. The van der Waals surface area contributed by atoms with Crippen LogP contribution < -0.4 is 0 Å². The lowest BCUT2D eigenvalue weighted by Crippen LogP contribution is -2.25. The van der Waals surface area contributed by atoms with Gasteiger partial charge in [0.15, 0.2) is 0 Å². The summed E-state index contributed by atoms with van der Waals surface area (Å²) in [6.45, 7) is 1.84. The van der Waals surface area contributed by atoms with Crippen molar-refractivity contribution in [1.29, 1.82) is 0 Å². The van der Waals surface area contributed by atoms with Crippen molar-refractivity contribution < 1.29 is 9.52 Å². The molecule has 2 aromatic heterocycles. The summed E-state index contributed by atoms with van der Waals surface area (Å²) in [5, 5.41) is 9.15. The summed E-state index contributed by atoms with van der Waals surface area (Å²) in [6, 6.07) is 4.22. The van der Waals surface area contributed by atoms with Crippen LogP contribution in [0.15, 0.2) is 16.5 Å². The van der Waals surface area contributed by atoms with Crippen molar-refractivity contribution in [1.82, 2.24) is 14.5 Å². The monoisotopic (exact) mass is 315 g/mol. The van der Waals surface area contributed by atoms with E-state index in [-0.39, 0.29) is 6.61 Å². The molecule has 5 nitrogen and oxygen atoms in total. The zero-order valence-electron chi connectivity index (χ0n) is 13.8. The smallest absolute Gasteiger partial charge is 0.129 e. The van der Waals surface area contributed by atoms with E-state index in [1.54, 1.807) is 0 Å². The van der Waals surface area contributed by atoms with E-state index in [4.69, 9.17) is 14.5 Å². The summed E-state index contributed by atoms with van der Waals surface area (Å²) >= 11 is 0. The third-order valence-electron chi connectivity index (χ3n) is 5.30. The Morgan fingerprint density at radius 2 is 2.04 bits per heavy atom. The molecule has 0 aromatic carbocycles. The molecule has 23 heavy (non-hydrogen) atoms. The van der Waals surface area contributed by atoms with Gasteiger partial charge in [0.05, 0.1) is 18.3 Å². The molecule has 0 amide bonds. The van der Waals surface area contributed by atoms with Gasteiger partial charge in [-0.25, -0.2) is 4.98 Å². The minimum atomic E-state index is -0.0322. The highest BCUT2D eigenvalue weighted by atomic mass is 16.4. The Bertz CT molecular complexity index is 688. The Kier molecular flexibility index (Phi) is 3.99. The number of fused-ring (bicyclic) bond motifs is 1. The Labute approximate surface area is 136 Å². The first-order chi connectivity index (χ1) is 11.3. The maximum Gasteiger partial charge on any atom is 0.129 e. The van der Waals surface area contributed by atoms with Crippen molar-refractivity contribution in [3.05, 3.63) is 40.9 Å². The largest absolute Gasteiger partial charge is 0.462 e. The molecule has 5 heteroatoms. The van der Waals surface area contributed by atoms with Gasteiger partial charge in [-0.05, 0) is 57.2 Å². The predicted molar refractivity (Wildman–Crippen MR) is 86.9 cm³/mol. The first-order valence-electron chi connectivity index (χ1n) is 8.73. The minimum absolute atomic E-state index is 0.0322. The third-order valence-corrected chi connectivity index (χ3v) is 5.30. The fourth-order valence-corrected chi connectivity index (χ4v) is 4.11. The fourth-order valence-electron chi connectivity index (χ4n) is 4.11. The normalized spacial score (nSPS) is 21.7. The fraction of sp³-hybridized carbons (Fsp3) is 0.611. The molecular weight excluding hydrogens is 290 g/mol. The van der Waals surface area contributed by atoms with Crippen molar-refractivity contribution in [2.45, 2.75) is 57.7 Å². The minimum Gasteiger partial charge on any atom is -0.462 e. The topological polar surface area (TPSA) is 54.4 Å². The van der Waals surface area contributed by atoms with Crippen molar-refractivity contribution in [3.8, 4) is 0 Å². The molecule has 0 unspecified atom stereocenters. The summed E-state index contributed by atoms with van der Waals surface area (Å²) in [5.74, 6) is 2.80. The zero-order chi connectivity index (χ0) is 15.8. The highest BCUT2D eigenvalue weighted by Gasteiger charge is 2.31. The number of imidazole rings is 1. The molecule has 124 valence electrons. The molecule has 2 aliphatic rings. The number of aliphatic hydroxyl groups excluding tert-OH is 1. The molecule has 1 atom stereocenters. The molecule has 0 bridgehead atoms. The molecule has 1 N–H and O–H groups in total. The predicted octanol–water partition coefficient (Wildman–Crippen LogP) is 2.72. The summed E-state index contributed by atoms with van der Waals surface area (Å²) in [6.07, 6.45) is 7.23. The van der Waals surface area contributed by atoms with Gasteiger partial charge >= 0.3 is 0 Å². The summed E-state index contributed by atoms with van der Waals surface area (Å²) in [5.41, 5.74) is 2.76. The molecular formula is C18H25N3O2. The lowest BCUT2D eigenvalue weighted by atomic mass is 10.0. The number of likely N-dealkylation sites (tertiary alicyclic amines) is 1. The standard InChI is InChI=1S/C18H25N3O2/c1-20-16-6-3-2-5-15(16)19-18(20)17-7-4-10-21(17)11-13-8-9-14(12-22)23-13/h8-9,17,22H,2-7,10-12H2,1H3/t17-/m0/s1. The summed E-state index contributed by atoms with van der Waals surface area (Å²) < 4.78 is 8.02. The van der Waals surface area contributed by atoms with E-state index in [1.807, 2.05) is 12.1 Å². The van der Waals surface area contributed by atoms with Crippen LogP contribution in [-0.2, 0) is 33.0 Å². The van der Waals surface area contributed by atoms with E-state index in [2.05, 4.69) is 16.5 Å². The Balaban J connectivity index is 1.56. The van der Waals surface area contributed by atoms with Gasteiger partial charge in [-0.2, -0.15) is 0 Å². The van der Waals surface area contributed by atoms with Gasteiger partial charge in [0, 0.05) is 12.7 Å². The lowest BCUT2D eigenvalue weighted by Gasteiger charge is -2.23. The van der Waals surface area contributed by atoms with Gasteiger partial charge in [0.2, 0.25) is 0 Å². The van der Waals surface area contributed by atoms with Crippen LogP contribution in [0.1, 0.15) is 60.5 Å². The Morgan fingerprint density at radius 3 is 2.83 bits per heavy atom. The highest BCUT2D eigenvalue weighted by molar-refractivity contribution is 5.22. The molecule has 0 spiro atoms. The maximum atomic E-state index is 9.15. The molecule has 3 heterocycles. The summed E-state index contributed by atoms with van der Waals surface area (Å²) in [4.78, 5) is 7.46. The molecule has 1 saturated heterocycles. The van der Waals surface area contributed by atoms with E-state index < -0.39 is 0 Å². The van der Waals surface area contributed by atoms with Gasteiger partial charge in [-0.15, -0.1) is 0 Å². The number of aliphatic hydroxyl groups is 1. The lowest BCUT2D eigenvalue weighted by molar-refractivity contribution is 0.203. The number of furan rings is 1. The van der Waals surface area contributed by atoms with Gasteiger partial charge < -0.3 is 14.1 Å².